The van der Waals surface area contributed by atoms with Crippen LogP contribution in [0.4, 0.5) is 11.9 Å². The maximum absolute atomic E-state index is 5.76. The van der Waals surface area contributed by atoms with Crippen molar-refractivity contribution >= 4 is 22.8 Å². The van der Waals surface area contributed by atoms with Crippen molar-refractivity contribution in [2.45, 2.75) is 27.7 Å². The Morgan fingerprint density at radius 2 is 1.71 bits per heavy atom. The molecule has 0 radical (unpaired) electrons. The Balaban J connectivity index is 1.47. The molecule has 5 aromatic rings. The summed E-state index contributed by atoms with van der Waals surface area (Å²) in [5, 5.41) is 8.77. The maximum atomic E-state index is 5.76. The van der Waals surface area contributed by atoms with E-state index in [-0.39, 0.29) is 0 Å². The summed E-state index contributed by atoms with van der Waals surface area (Å²) in [6.45, 7) is 8.50. The van der Waals surface area contributed by atoms with Crippen molar-refractivity contribution < 1.29 is 4.74 Å². The van der Waals surface area contributed by atoms with E-state index in [0.29, 0.717) is 18.5 Å². The summed E-state index contributed by atoms with van der Waals surface area (Å²) in [5.74, 6) is 1.55. The summed E-state index contributed by atoms with van der Waals surface area (Å²) >= 11 is 0. The van der Waals surface area contributed by atoms with Crippen LogP contribution in [0.25, 0.3) is 27.8 Å². The van der Waals surface area contributed by atoms with Gasteiger partial charge < -0.3 is 4.74 Å². The molecule has 8 heteroatoms. The second-order valence-electron chi connectivity index (χ2n) is 8.02. The fourth-order valence-corrected chi connectivity index (χ4v) is 3.82. The Labute approximate surface area is 197 Å². The molecule has 5 rings (SSSR count). The second-order valence-corrected chi connectivity index (χ2v) is 8.02. The van der Waals surface area contributed by atoms with E-state index in [1.54, 1.807) is 6.20 Å². The third-order valence-electron chi connectivity index (χ3n) is 5.53. The van der Waals surface area contributed by atoms with Gasteiger partial charge in [-0.05, 0) is 52.0 Å². The minimum absolute atomic E-state index is 0.410. The molecule has 1 N–H and O–H groups in total. The number of aryl methyl sites for hydroxylation is 3. The highest BCUT2D eigenvalue weighted by Crippen LogP contribution is 2.28. The topological polar surface area (TPSA) is 90.6 Å². The molecule has 0 aliphatic heterocycles. The molecular weight excluding hydrogens is 426 g/mol. The molecule has 0 atom stereocenters. The van der Waals surface area contributed by atoms with Crippen molar-refractivity contribution in [3.63, 3.8) is 0 Å². The molecule has 0 fully saturated rings. The van der Waals surface area contributed by atoms with Gasteiger partial charge in [-0.3, -0.25) is 5.32 Å². The summed E-state index contributed by atoms with van der Waals surface area (Å²) in [6.07, 6.45) is 3.70. The van der Waals surface area contributed by atoms with E-state index in [1.165, 1.54) is 5.56 Å². The number of hydrogen-bond acceptors (Lipinski definition) is 7. The van der Waals surface area contributed by atoms with Crippen molar-refractivity contribution in [1.29, 1.82) is 0 Å². The number of nitrogens with one attached hydrogen (secondary N) is 1. The Bertz CT molecular complexity index is 1480. The average molecular weight is 452 g/mol. The van der Waals surface area contributed by atoms with Crippen molar-refractivity contribution in [2.24, 2.45) is 0 Å². The van der Waals surface area contributed by atoms with Crippen LogP contribution >= 0.6 is 0 Å². The minimum atomic E-state index is 0.410. The van der Waals surface area contributed by atoms with Crippen LogP contribution in [-0.4, -0.2) is 36.3 Å². The van der Waals surface area contributed by atoms with Crippen LogP contribution in [-0.2, 0) is 0 Å². The molecule has 3 heterocycles. The number of nitrogens with zero attached hydrogens (tertiary/aromatic N) is 6. The Hall–Kier alpha value is -4.33. The molecule has 0 aliphatic rings. The summed E-state index contributed by atoms with van der Waals surface area (Å²) < 4.78 is 7.62. The van der Waals surface area contributed by atoms with Crippen molar-refractivity contribution in [3.8, 4) is 22.7 Å². The number of ether oxygens (including phenoxy) is 1. The van der Waals surface area contributed by atoms with Gasteiger partial charge in [-0.1, -0.05) is 29.8 Å². The van der Waals surface area contributed by atoms with Crippen LogP contribution < -0.4 is 10.1 Å². The van der Waals surface area contributed by atoms with Gasteiger partial charge in [0.1, 0.15) is 11.3 Å². The number of para-hydroxylation sites is 1. The number of hydrogen-bond donors (Lipinski definition) is 1. The molecule has 0 aliphatic carbocycles. The van der Waals surface area contributed by atoms with Gasteiger partial charge in [-0.2, -0.15) is 5.10 Å². The zero-order chi connectivity index (χ0) is 23.7. The van der Waals surface area contributed by atoms with Crippen LogP contribution in [0.1, 0.15) is 23.9 Å². The summed E-state index contributed by atoms with van der Waals surface area (Å²) in [6, 6.07) is 16.0. The first-order valence-corrected chi connectivity index (χ1v) is 11.2. The molecule has 170 valence electrons. The Morgan fingerprint density at radius 1 is 0.882 bits per heavy atom. The lowest BCUT2D eigenvalue weighted by Gasteiger charge is -2.11. The Kier molecular flexibility index (Phi) is 5.63. The summed E-state index contributed by atoms with van der Waals surface area (Å²) in [7, 11) is 0. The van der Waals surface area contributed by atoms with Gasteiger partial charge in [0.25, 0.3) is 0 Å². The van der Waals surface area contributed by atoms with Crippen molar-refractivity contribution in [3.05, 3.63) is 77.9 Å². The predicted molar refractivity (Wildman–Crippen MR) is 133 cm³/mol. The van der Waals surface area contributed by atoms with E-state index in [0.717, 1.165) is 45.0 Å². The van der Waals surface area contributed by atoms with Gasteiger partial charge in [0.15, 0.2) is 0 Å². The van der Waals surface area contributed by atoms with E-state index in [2.05, 4.69) is 56.6 Å². The number of benzene rings is 2. The number of aromatic nitrogens is 6. The average Bonchev–Trinajstić information content (AvgIpc) is 3.22. The second kappa shape index (κ2) is 8.90. The molecule has 34 heavy (non-hydrogen) atoms. The van der Waals surface area contributed by atoms with Crippen LogP contribution in [0.3, 0.4) is 0 Å². The molecule has 2 aromatic carbocycles. The highest BCUT2D eigenvalue weighted by Gasteiger charge is 2.13. The van der Waals surface area contributed by atoms with Crippen LogP contribution in [0, 0.1) is 20.8 Å². The van der Waals surface area contributed by atoms with Gasteiger partial charge in [0, 0.05) is 23.3 Å². The van der Waals surface area contributed by atoms with E-state index >= 15 is 0 Å². The van der Waals surface area contributed by atoms with Gasteiger partial charge >= 0.3 is 0 Å². The molecule has 3 aromatic heterocycles. The minimum Gasteiger partial charge on any atom is -0.492 e. The Morgan fingerprint density at radius 3 is 2.50 bits per heavy atom. The lowest BCUT2D eigenvalue weighted by Crippen LogP contribution is -2.04. The normalized spacial score (nSPS) is 11.1. The highest BCUT2D eigenvalue weighted by molar-refractivity contribution is 5.87. The van der Waals surface area contributed by atoms with Crippen LogP contribution in [0.5, 0.6) is 5.75 Å². The number of fused-ring (bicyclic) bond motifs is 1. The molecule has 0 saturated heterocycles. The number of rotatable bonds is 6. The molecule has 8 nitrogen and oxygen atoms in total. The van der Waals surface area contributed by atoms with E-state index < -0.39 is 0 Å². The zero-order valence-electron chi connectivity index (χ0n) is 19.6. The molecular formula is C26H25N7O. The fourth-order valence-electron chi connectivity index (χ4n) is 3.82. The SMILES string of the molecule is CCOc1cccc2c(C)nc(Nc3nccc(-c4cn(-c5ccc(C)cc5)nc4C)n3)nc12. The first kappa shape index (κ1) is 21.5. The van der Waals surface area contributed by atoms with Gasteiger partial charge in [0.2, 0.25) is 11.9 Å². The van der Waals surface area contributed by atoms with Crippen LogP contribution in [0.2, 0.25) is 0 Å². The summed E-state index contributed by atoms with van der Waals surface area (Å²) in [4.78, 5) is 18.3. The van der Waals surface area contributed by atoms with Gasteiger partial charge in [-0.15, -0.1) is 0 Å². The lowest BCUT2D eigenvalue weighted by molar-refractivity contribution is 0.343. The van der Waals surface area contributed by atoms with E-state index in [1.807, 2.05) is 55.9 Å². The standard InChI is InChI=1S/C26H25N7O/c1-5-34-23-8-6-7-20-17(3)28-26(30-24(20)23)31-25-27-14-13-22(29-25)21-15-33(32-18(21)4)19-11-9-16(2)10-12-19/h6-15H,5H2,1-4H3,(H,27,28,29,30,31). The fraction of sp³-hybridized carbons (Fsp3) is 0.192. The molecule has 0 spiro atoms. The lowest BCUT2D eigenvalue weighted by atomic mass is 10.2. The third kappa shape index (κ3) is 4.17. The molecule has 0 bridgehead atoms. The highest BCUT2D eigenvalue weighted by atomic mass is 16.5. The quantitative estimate of drug-likeness (QED) is 0.373. The maximum Gasteiger partial charge on any atom is 0.230 e. The summed E-state index contributed by atoms with van der Waals surface area (Å²) in [5.41, 5.74) is 6.38. The third-order valence-corrected chi connectivity index (χ3v) is 5.53. The zero-order valence-corrected chi connectivity index (χ0v) is 19.6. The monoisotopic (exact) mass is 451 g/mol. The molecule has 0 amide bonds. The van der Waals surface area contributed by atoms with Crippen LogP contribution in [0.15, 0.2) is 60.9 Å². The smallest absolute Gasteiger partial charge is 0.230 e. The molecule has 0 saturated carbocycles. The van der Waals surface area contributed by atoms with E-state index in [9.17, 15) is 0 Å². The van der Waals surface area contributed by atoms with Crippen molar-refractivity contribution in [1.82, 2.24) is 29.7 Å². The van der Waals surface area contributed by atoms with Crippen molar-refractivity contribution in [2.75, 3.05) is 11.9 Å². The largest absolute Gasteiger partial charge is 0.492 e. The molecule has 0 unspecified atom stereocenters. The van der Waals surface area contributed by atoms with E-state index in [4.69, 9.17) is 9.72 Å². The number of anilines is 2. The van der Waals surface area contributed by atoms with Gasteiger partial charge in [-0.25, -0.2) is 24.6 Å². The first-order valence-electron chi connectivity index (χ1n) is 11.2. The predicted octanol–water partition coefficient (Wildman–Crippen LogP) is 5.34. The first-order chi connectivity index (χ1) is 16.5. The van der Waals surface area contributed by atoms with Gasteiger partial charge in [0.05, 0.1) is 29.4 Å².